The molecule has 1 aliphatic rings. The van der Waals surface area contributed by atoms with Gasteiger partial charge < -0.3 is 10.4 Å². The van der Waals surface area contributed by atoms with Crippen LogP contribution in [0.15, 0.2) is 12.1 Å². The highest BCUT2D eigenvalue weighted by Gasteiger charge is 2.22. The fourth-order valence-corrected chi connectivity index (χ4v) is 2.39. The maximum Gasteiger partial charge on any atom is 0.228 e. The van der Waals surface area contributed by atoms with Gasteiger partial charge in [-0.2, -0.15) is 0 Å². The third-order valence-corrected chi connectivity index (χ3v) is 3.19. The smallest absolute Gasteiger partial charge is 0.228 e. The molecule has 4 heteroatoms. The van der Waals surface area contributed by atoms with Gasteiger partial charge in [0.2, 0.25) is 5.91 Å². The SMILES string of the molecule is CC(C)CC(O)c1cc(Cl)c2c(c1)CC(=O)N2. The van der Waals surface area contributed by atoms with Crippen LogP contribution in [0.4, 0.5) is 5.69 Å². The Balaban J connectivity index is 2.30. The van der Waals surface area contributed by atoms with Crippen molar-refractivity contribution in [3.8, 4) is 0 Å². The van der Waals surface area contributed by atoms with E-state index in [0.29, 0.717) is 29.5 Å². The lowest BCUT2D eigenvalue weighted by atomic mass is 9.97. The van der Waals surface area contributed by atoms with Gasteiger partial charge in [-0.15, -0.1) is 0 Å². The minimum atomic E-state index is -0.520. The fraction of sp³-hybridized carbons (Fsp3) is 0.462. The molecule has 0 saturated heterocycles. The molecule has 1 unspecified atom stereocenters. The van der Waals surface area contributed by atoms with Gasteiger partial charge in [0, 0.05) is 0 Å². The summed E-state index contributed by atoms with van der Waals surface area (Å²) in [6, 6.07) is 3.60. The number of halogens is 1. The van der Waals surface area contributed by atoms with Gasteiger partial charge in [-0.1, -0.05) is 31.5 Å². The molecule has 1 heterocycles. The molecule has 1 aromatic carbocycles. The molecule has 2 rings (SSSR count). The highest BCUT2D eigenvalue weighted by Crippen LogP contribution is 2.35. The first-order valence-corrected chi connectivity index (χ1v) is 6.15. The number of rotatable bonds is 3. The fourth-order valence-electron chi connectivity index (χ4n) is 2.10. The molecule has 0 radical (unpaired) electrons. The van der Waals surface area contributed by atoms with E-state index in [-0.39, 0.29) is 5.91 Å². The van der Waals surface area contributed by atoms with Gasteiger partial charge in [0.25, 0.3) is 0 Å². The van der Waals surface area contributed by atoms with Crippen LogP contribution in [0.5, 0.6) is 0 Å². The van der Waals surface area contributed by atoms with Crippen molar-refractivity contribution in [2.24, 2.45) is 5.92 Å². The van der Waals surface area contributed by atoms with Crippen molar-refractivity contribution >= 4 is 23.2 Å². The van der Waals surface area contributed by atoms with Crippen LogP contribution in [0.3, 0.4) is 0 Å². The van der Waals surface area contributed by atoms with E-state index in [1.807, 2.05) is 6.07 Å². The molecular weight excluding hydrogens is 238 g/mol. The van der Waals surface area contributed by atoms with Crippen LogP contribution in [0.25, 0.3) is 0 Å². The Morgan fingerprint density at radius 3 is 2.82 bits per heavy atom. The molecule has 3 nitrogen and oxygen atoms in total. The zero-order chi connectivity index (χ0) is 12.6. The maximum absolute atomic E-state index is 11.3. The molecule has 2 N–H and O–H groups in total. The van der Waals surface area contributed by atoms with Crippen LogP contribution in [-0.2, 0) is 11.2 Å². The largest absolute Gasteiger partial charge is 0.388 e. The molecule has 0 fully saturated rings. The van der Waals surface area contributed by atoms with E-state index in [2.05, 4.69) is 19.2 Å². The molecule has 0 aromatic heterocycles. The molecule has 1 aromatic rings. The molecule has 0 aliphatic carbocycles. The number of aliphatic hydroxyl groups excluding tert-OH is 1. The van der Waals surface area contributed by atoms with Gasteiger partial charge in [0.15, 0.2) is 0 Å². The van der Waals surface area contributed by atoms with Crippen molar-refractivity contribution in [3.63, 3.8) is 0 Å². The third-order valence-electron chi connectivity index (χ3n) is 2.89. The zero-order valence-corrected chi connectivity index (χ0v) is 10.7. The molecule has 0 bridgehead atoms. The first kappa shape index (κ1) is 12.4. The number of hydrogen-bond donors (Lipinski definition) is 2. The number of fused-ring (bicyclic) bond motifs is 1. The number of carbonyl (C=O) groups is 1. The summed E-state index contributed by atoms with van der Waals surface area (Å²) in [5, 5.41) is 13.3. The van der Waals surface area contributed by atoms with Crippen LogP contribution in [-0.4, -0.2) is 11.0 Å². The van der Waals surface area contributed by atoms with Gasteiger partial charge in [0.05, 0.1) is 23.2 Å². The highest BCUT2D eigenvalue weighted by molar-refractivity contribution is 6.34. The molecule has 0 spiro atoms. The third kappa shape index (κ3) is 2.61. The van der Waals surface area contributed by atoms with Crippen LogP contribution in [0.2, 0.25) is 5.02 Å². The Hall–Kier alpha value is -1.06. The lowest BCUT2D eigenvalue weighted by Gasteiger charge is -2.15. The van der Waals surface area contributed by atoms with Gasteiger partial charge >= 0.3 is 0 Å². The molecule has 1 aliphatic heterocycles. The molecule has 1 amide bonds. The van der Waals surface area contributed by atoms with E-state index >= 15 is 0 Å². The van der Waals surface area contributed by atoms with Crippen LogP contribution in [0, 0.1) is 5.92 Å². The number of nitrogens with one attached hydrogen (secondary N) is 1. The van der Waals surface area contributed by atoms with Gasteiger partial charge in [-0.25, -0.2) is 0 Å². The monoisotopic (exact) mass is 253 g/mol. The number of hydrogen-bond acceptors (Lipinski definition) is 2. The highest BCUT2D eigenvalue weighted by atomic mass is 35.5. The summed E-state index contributed by atoms with van der Waals surface area (Å²) in [5.41, 5.74) is 2.36. The Bertz CT molecular complexity index is 457. The van der Waals surface area contributed by atoms with Gasteiger partial charge in [-0.05, 0) is 29.5 Å². The molecular formula is C13H16ClNO2. The summed E-state index contributed by atoms with van der Waals surface area (Å²) in [6.45, 7) is 4.12. The number of anilines is 1. The van der Waals surface area contributed by atoms with Crippen molar-refractivity contribution in [1.82, 2.24) is 0 Å². The first-order valence-electron chi connectivity index (χ1n) is 5.77. The second-order valence-corrected chi connectivity index (χ2v) is 5.31. The summed E-state index contributed by atoms with van der Waals surface area (Å²) in [5.74, 6) is 0.370. The van der Waals surface area contributed by atoms with Crippen LogP contribution < -0.4 is 5.32 Å². The average Bonchev–Trinajstić information content (AvgIpc) is 2.58. The predicted molar refractivity (Wildman–Crippen MR) is 68.2 cm³/mol. The normalized spacial score (nSPS) is 15.9. The van der Waals surface area contributed by atoms with Crippen molar-refractivity contribution in [2.45, 2.75) is 32.8 Å². The summed E-state index contributed by atoms with van der Waals surface area (Å²) >= 11 is 6.09. The number of amides is 1. The van der Waals surface area contributed by atoms with E-state index in [1.54, 1.807) is 6.07 Å². The molecule has 0 saturated carbocycles. The second-order valence-electron chi connectivity index (χ2n) is 4.91. The van der Waals surface area contributed by atoms with Crippen LogP contribution >= 0.6 is 11.6 Å². The average molecular weight is 254 g/mol. The quantitative estimate of drug-likeness (QED) is 0.870. The van der Waals surface area contributed by atoms with Crippen molar-refractivity contribution in [2.75, 3.05) is 5.32 Å². The standard InChI is InChI=1S/C13H16ClNO2/c1-7(2)3-11(16)8-4-9-6-12(17)15-13(9)10(14)5-8/h4-5,7,11,16H,3,6H2,1-2H3,(H,15,17). The topological polar surface area (TPSA) is 49.3 Å². The van der Waals surface area contributed by atoms with Crippen molar-refractivity contribution in [3.05, 3.63) is 28.3 Å². The summed E-state index contributed by atoms with van der Waals surface area (Å²) in [7, 11) is 0. The Kier molecular flexibility index (Phi) is 3.40. The number of carbonyl (C=O) groups excluding carboxylic acids is 1. The van der Waals surface area contributed by atoms with Crippen molar-refractivity contribution in [1.29, 1.82) is 0 Å². The van der Waals surface area contributed by atoms with Crippen LogP contribution in [0.1, 0.15) is 37.5 Å². The Morgan fingerprint density at radius 1 is 1.47 bits per heavy atom. The predicted octanol–water partition coefficient (Wildman–Crippen LogP) is 2.91. The zero-order valence-electron chi connectivity index (χ0n) is 9.96. The van der Waals surface area contributed by atoms with Gasteiger partial charge in [0.1, 0.15) is 0 Å². The maximum atomic E-state index is 11.3. The Morgan fingerprint density at radius 2 is 2.18 bits per heavy atom. The van der Waals surface area contributed by atoms with E-state index in [9.17, 15) is 9.90 Å². The van der Waals surface area contributed by atoms with E-state index in [1.165, 1.54) is 0 Å². The Labute approximate surface area is 106 Å². The minimum Gasteiger partial charge on any atom is -0.388 e. The van der Waals surface area contributed by atoms with E-state index in [4.69, 9.17) is 11.6 Å². The van der Waals surface area contributed by atoms with Gasteiger partial charge in [-0.3, -0.25) is 4.79 Å². The van der Waals surface area contributed by atoms with E-state index < -0.39 is 6.10 Å². The lowest BCUT2D eigenvalue weighted by Crippen LogP contribution is -2.03. The molecule has 1 atom stereocenters. The minimum absolute atomic E-state index is 0.0441. The van der Waals surface area contributed by atoms with Crippen molar-refractivity contribution < 1.29 is 9.90 Å². The summed E-state index contributed by atoms with van der Waals surface area (Å²) in [4.78, 5) is 11.3. The summed E-state index contributed by atoms with van der Waals surface area (Å²) < 4.78 is 0. The second kappa shape index (κ2) is 4.67. The first-order chi connectivity index (χ1) is 7.97. The molecule has 92 valence electrons. The number of aliphatic hydroxyl groups is 1. The summed E-state index contributed by atoms with van der Waals surface area (Å²) in [6.07, 6.45) is 0.516. The van der Waals surface area contributed by atoms with E-state index in [0.717, 1.165) is 11.1 Å². The molecule has 17 heavy (non-hydrogen) atoms. The lowest BCUT2D eigenvalue weighted by molar-refractivity contribution is -0.115. The number of benzene rings is 1.